The summed E-state index contributed by atoms with van der Waals surface area (Å²) in [4.78, 5) is 0.149. The van der Waals surface area contributed by atoms with Gasteiger partial charge in [-0.3, -0.25) is 4.72 Å². The van der Waals surface area contributed by atoms with E-state index in [2.05, 4.69) is 25.5 Å². The average molecular weight is 373 g/mol. The van der Waals surface area contributed by atoms with Crippen LogP contribution < -0.4 is 10.5 Å². The zero-order valence-electron chi connectivity index (χ0n) is 13.0. The maximum Gasteiger partial charge on any atom is 0.261 e. The first-order valence-corrected chi connectivity index (χ1v) is 9.12. The third-order valence-electron chi connectivity index (χ3n) is 3.37. The van der Waals surface area contributed by atoms with Crippen molar-refractivity contribution in [3.63, 3.8) is 0 Å². The van der Waals surface area contributed by atoms with Crippen molar-refractivity contribution in [3.8, 4) is 0 Å². The van der Waals surface area contributed by atoms with Gasteiger partial charge in [-0.05, 0) is 35.2 Å². The van der Waals surface area contributed by atoms with Crippen LogP contribution in [0.2, 0.25) is 10.0 Å². The number of halogens is 2. The second-order valence-electron chi connectivity index (χ2n) is 6.23. The molecule has 2 aromatic carbocycles. The highest BCUT2D eigenvalue weighted by atomic mass is 35.5. The molecule has 0 amide bonds. The zero-order valence-corrected chi connectivity index (χ0v) is 15.4. The van der Waals surface area contributed by atoms with Gasteiger partial charge in [-0.15, -0.1) is 0 Å². The number of sulfonamides is 1. The Kier molecular flexibility index (Phi) is 4.85. The predicted molar refractivity (Wildman–Crippen MR) is 96.8 cm³/mol. The van der Waals surface area contributed by atoms with Crippen molar-refractivity contribution in [3.05, 3.63) is 52.0 Å². The van der Waals surface area contributed by atoms with Crippen molar-refractivity contribution in [1.29, 1.82) is 0 Å². The summed E-state index contributed by atoms with van der Waals surface area (Å²) in [6, 6.07) is 9.53. The van der Waals surface area contributed by atoms with Crippen LogP contribution in [0.5, 0.6) is 0 Å². The lowest BCUT2D eigenvalue weighted by Gasteiger charge is -2.19. The standard InChI is InChI=1S/C16H18Cl2N2O2S/c1-16(2,3)10-4-6-11(7-5-10)23(21,22)20-15-9-13(18)12(17)8-14(15)19/h4-9,20H,19H2,1-3H3. The van der Waals surface area contributed by atoms with Gasteiger partial charge in [-0.2, -0.15) is 0 Å². The van der Waals surface area contributed by atoms with Crippen molar-refractivity contribution in [2.24, 2.45) is 0 Å². The first-order chi connectivity index (χ1) is 10.5. The van der Waals surface area contributed by atoms with Gasteiger partial charge in [0.25, 0.3) is 10.0 Å². The molecule has 0 radical (unpaired) electrons. The molecule has 0 bridgehead atoms. The highest BCUT2D eigenvalue weighted by Gasteiger charge is 2.19. The Morgan fingerprint density at radius 1 is 1.00 bits per heavy atom. The Morgan fingerprint density at radius 2 is 1.52 bits per heavy atom. The van der Waals surface area contributed by atoms with Gasteiger partial charge in [0.1, 0.15) is 0 Å². The minimum Gasteiger partial charge on any atom is -0.397 e. The summed E-state index contributed by atoms with van der Waals surface area (Å²) in [5, 5.41) is 0.489. The minimum absolute atomic E-state index is 0.0517. The summed E-state index contributed by atoms with van der Waals surface area (Å²) < 4.78 is 27.4. The highest BCUT2D eigenvalue weighted by Crippen LogP contribution is 2.32. The number of rotatable bonds is 3. The fourth-order valence-corrected chi connectivity index (χ4v) is 3.40. The van der Waals surface area contributed by atoms with E-state index in [-0.39, 0.29) is 31.7 Å². The molecule has 124 valence electrons. The van der Waals surface area contributed by atoms with Gasteiger partial charge in [-0.1, -0.05) is 56.1 Å². The third-order valence-corrected chi connectivity index (χ3v) is 5.47. The zero-order chi connectivity index (χ0) is 17.4. The van der Waals surface area contributed by atoms with E-state index in [9.17, 15) is 8.42 Å². The summed E-state index contributed by atoms with van der Waals surface area (Å²) in [6.07, 6.45) is 0. The molecule has 0 unspecified atom stereocenters. The van der Waals surface area contributed by atoms with Gasteiger partial charge >= 0.3 is 0 Å². The Hall–Kier alpha value is -1.43. The van der Waals surface area contributed by atoms with E-state index in [0.717, 1.165) is 5.56 Å². The maximum atomic E-state index is 12.5. The van der Waals surface area contributed by atoms with Crippen molar-refractivity contribution < 1.29 is 8.42 Å². The molecule has 0 saturated heterocycles. The van der Waals surface area contributed by atoms with E-state index in [4.69, 9.17) is 28.9 Å². The SMILES string of the molecule is CC(C)(C)c1ccc(S(=O)(=O)Nc2cc(Cl)c(Cl)cc2N)cc1. The van der Waals surface area contributed by atoms with Gasteiger partial charge in [0.2, 0.25) is 0 Å². The number of anilines is 2. The number of nitrogens with one attached hydrogen (secondary N) is 1. The molecule has 23 heavy (non-hydrogen) atoms. The van der Waals surface area contributed by atoms with Crippen molar-refractivity contribution in [2.75, 3.05) is 10.5 Å². The quantitative estimate of drug-likeness (QED) is 0.768. The maximum absolute atomic E-state index is 12.5. The van der Waals surface area contributed by atoms with Crippen LogP contribution in [0.4, 0.5) is 11.4 Å². The van der Waals surface area contributed by atoms with Crippen LogP contribution in [0.1, 0.15) is 26.3 Å². The first-order valence-electron chi connectivity index (χ1n) is 6.88. The van der Waals surface area contributed by atoms with Crippen LogP contribution in [0.25, 0.3) is 0 Å². The van der Waals surface area contributed by atoms with Crippen LogP contribution in [-0.2, 0) is 15.4 Å². The first kappa shape index (κ1) is 17.9. The fourth-order valence-electron chi connectivity index (χ4n) is 1.99. The lowest BCUT2D eigenvalue weighted by atomic mass is 9.87. The van der Waals surface area contributed by atoms with Crippen molar-refractivity contribution >= 4 is 44.6 Å². The molecule has 0 spiro atoms. The van der Waals surface area contributed by atoms with Gasteiger partial charge in [0.05, 0.1) is 26.3 Å². The molecule has 0 aromatic heterocycles. The Labute approximate surface area is 146 Å². The number of hydrogen-bond donors (Lipinski definition) is 2. The van der Waals surface area contributed by atoms with Gasteiger partial charge in [0, 0.05) is 0 Å². The summed E-state index contributed by atoms with van der Waals surface area (Å²) in [5.41, 5.74) is 7.18. The van der Waals surface area contributed by atoms with Crippen LogP contribution in [0.3, 0.4) is 0 Å². The largest absolute Gasteiger partial charge is 0.397 e. The lowest BCUT2D eigenvalue weighted by Crippen LogP contribution is -2.15. The normalized spacial score (nSPS) is 12.2. The molecule has 0 saturated carbocycles. The Balaban J connectivity index is 2.34. The molecule has 0 atom stereocenters. The predicted octanol–water partition coefficient (Wildman–Crippen LogP) is 4.67. The molecule has 7 heteroatoms. The molecule has 2 aromatic rings. The molecular weight excluding hydrogens is 355 g/mol. The number of nitrogens with two attached hydrogens (primary N) is 1. The molecule has 0 fully saturated rings. The summed E-state index contributed by atoms with van der Waals surface area (Å²) in [5.74, 6) is 0. The lowest BCUT2D eigenvalue weighted by molar-refractivity contribution is 0.587. The number of nitrogen functional groups attached to an aromatic ring is 1. The van der Waals surface area contributed by atoms with Crippen LogP contribution >= 0.6 is 23.2 Å². The number of hydrogen-bond acceptors (Lipinski definition) is 3. The van der Waals surface area contributed by atoms with E-state index in [1.165, 1.54) is 12.1 Å². The molecule has 3 N–H and O–H groups in total. The Bertz CT molecular complexity index is 826. The average Bonchev–Trinajstić information content (AvgIpc) is 2.44. The van der Waals surface area contributed by atoms with Crippen molar-refractivity contribution in [2.45, 2.75) is 31.1 Å². The fraction of sp³-hybridized carbons (Fsp3) is 0.250. The smallest absolute Gasteiger partial charge is 0.261 e. The van der Waals surface area contributed by atoms with E-state index >= 15 is 0 Å². The molecule has 4 nitrogen and oxygen atoms in total. The summed E-state index contributed by atoms with van der Waals surface area (Å²) in [6.45, 7) is 6.18. The highest BCUT2D eigenvalue weighted by molar-refractivity contribution is 7.92. The van der Waals surface area contributed by atoms with E-state index in [1.807, 2.05) is 0 Å². The summed E-state index contributed by atoms with van der Waals surface area (Å²) in [7, 11) is -3.76. The number of benzene rings is 2. The van der Waals surface area contributed by atoms with Gasteiger partial charge in [0.15, 0.2) is 0 Å². The van der Waals surface area contributed by atoms with E-state index in [0.29, 0.717) is 0 Å². The topological polar surface area (TPSA) is 72.2 Å². The van der Waals surface area contributed by atoms with E-state index < -0.39 is 10.0 Å². The molecule has 0 aliphatic heterocycles. The summed E-state index contributed by atoms with van der Waals surface area (Å²) >= 11 is 11.8. The monoisotopic (exact) mass is 372 g/mol. The minimum atomic E-state index is -3.76. The molecule has 2 rings (SSSR count). The second-order valence-corrected chi connectivity index (χ2v) is 8.73. The van der Waals surface area contributed by atoms with Gasteiger partial charge in [-0.25, -0.2) is 8.42 Å². The molecular formula is C16H18Cl2N2O2S. The van der Waals surface area contributed by atoms with E-state index in [1.54, 1.807) is 24.3 Å². The van der Waals surface area contributed by atoms with Crippen molar-refractivity contribution in [1.82, 2.24) is 0 Å². The molecule has 0 aliphatic rings. The van der Waals surface area contributed by atoms with Gasteiger partial charge < -0.3 is 5.73 Å². The molecule has 0 heterocycles. The Morgan fingerprint density at radius 3 is 2.04 bits per heavy atom. The van der Waals surface area contributed by atoms with Crippen LogP contribution in [0.15, 0.2) is 41.3 Å². The third kappa shape index (κ3) is 4.10. The van der Waals surface area contributed by atoms with Crippen LogP contribution in [0, 0.1) is 0 Å². The molecule has 0 aliphatic carbocycles. The second kappa shape index (κ2) is 6.23. The van der Waals surface area contributed by atoms with Crippen LogP contribution in [-0.4, -0.2) is 8.42 Å².